The molecule has 6 heteroatoms. The zero-order chi connectivity index (χ0) is 21.6. The van der Waals surface area contributed by atoms with Gasteiger partial charge in [0.2, 0.25) is 0 Å². The van der Waals surface area contributed by atoms with Gasteiger partial charge < -0.3 is 0 Å². The van der Waals surface area contributed by atoms with Crippen molar-refractivity contribution in [2.24, 2.45) is 0 Å². The summed E-state index contributed by atoms with van der Waals surface area (Å²) in [6, 6.07) is 7.74. The van der Waals surface area contributed by atoms with Gasteiger partial charge in [0.15, 0.2) is 23.3 Å². The van der Waals surface area contributed by atoms with E-state index in [1.165, 1.54) is 6.07 Å². The molecule has 4 rings (SSSR count). The Hall–Kier alpha value is -2.76. The van der Waals surface area contributed by atoms with Crippen LogP contribution in [0.4, 0.5) is 26.3 Å². The number of hydrogen-bond acceptors (Lipinski definition) is 0. The van der Waals surface area contributed by atoms with Gasteiger partial charge in [-0.1, -0.05) is 31.2 Å². The van der Waals surface area contributed by atoms with Crippen LogP contribution in [-0.4, -0.2) is 0 Å². The van der Waals surface area contributed by atoms with Crippen LogP contribution in [0.3, 0.4) is 0 Å². The van der Waals surface area contributed by atoms with Crippen LogP contribution in [0.1, 0.15) is 41.5 Å². The van der Waals surface area contributed by atoms with Crippen molar-refractivity contribution < 1.29 is 26.3 Å². The van der Waals surface area contributed by atoms with Crippen LogP contribution in [0.5, 0.6) is 0 Å². The SMILES string of the molecule is CCc1ccc(C2CCc3c(F)c(-c4cccc(F)c4F)c(F)c(F)c3C2)c(F)c1. The van der Waals surface area contributed by atoms with Crippen molar-refractivity contribution >= 4 is 0 Å². The van der Waals surface area contributed by atoms with E-state index in [2.05, 4.69) is 0 Å². The molecule has 0 bridgehead atoms. The Kier molecular flexibility index (Phi) is 5.35. The van der Waals surface area contributed by atoms with Gasteiger partial charge >= 0.3 is 0 Å². The molecular weight excluding hydrogens is 402 g/mol. The number of aryl methyl sites for hydroxylation is 1. The third-order valence-electron chi connectivity index (χ3n) is 5.85. The van der Waals surface area contributed by atoms with E-state index in [-0.39, 0.29) is 24.0 Å². The highest BCUT2D eigenvalue weighted by Crippen LogP contribution is 2.41. The number of hydrogen-bond donors (Lipinski definition) is 0. The fraction of sp³-hybridized carbons (Fsp3) is 0.250. The standard InChI is InChI=1S/C24H18F6/c1-2-12-6-8-14(19(26)10-12)13-7-9-15-17(11-13)23(29)24(30)20(22(15)28)16-4-3-5-18(25)21(16)27/h3-6,8,10,13H,2,7,9,11H2,1H3. The fourth-order valence-electron chi connectivity index (χ4n) is 4.22. The Morgan fingerprint density at radius 1 is 0.800 bits per heavy atom. The van der Waals surface area contributed by atoms with Crippen molar-refractivity contribution in [3.63, 3.8) is 0 Å². The predicted octanol–water partition coefficient (Wildman–Crippen LogP) is 7.02. The summed E-state index contributed by atoms with van der Waals surface area (Å²) < 4.78 is 87.0. The maximum absolute atomic E-state index is 15.1. The van der Waals surface area contributed by atoms with Gasteiger partial charge in [0.05, 0.1) is 5.56 Å². The summed E-state index contributed by atoms with van der Waals surface area (Å²) in [5.41, 5.74) is -0.652. The van der Waals surface area contributed by atoms with Crippen LogP contribution < -0.4 is 0 Å². The van der Waals surface area contributed by atoms with E-state index >= 15 is 4.39 Å². The first-order chi connectivity index (χ1) is 14.3. The van der Waals surface area contributed by atoms with E-state index in [9.17, 15) is 22.0 Å². The maximum atomic E-state index is 15.1. The molecule has 156 valence electrons. The lowest BCUT2D eigenvalue weighted by Crippen LogP contribution is -2.19. The number of halogens is 6. The highest BCUT2D eigenvalue weighted by Gasteiger charge is 2.32. The number of fused-ring (bicyclic) bond motifs is 1. The maximum Gasteiger partial charge on any atom is 0.169 e. The van der Waals surface area contributed by atoms with Crippen molar-refractivity contribution in [3.05, 3.63) is 93.6 Å². The lowest BCUT2D eigenvalue weighted by atomic mass is 9.78. The molecule has 1 aliphatic carbocycles. The summed E-state index contributed by atoms with van der Waals surface area (Å²) in [6.45, 7) is 1.89. The zero-order valence-electron chi connectivity index (χ0n) is 16.1. The molecule has 0 spiro atoms. The van der Waals surface area contributed by atoms with Gasteiger partial charge in [-0.25, -0.2) is 26.3 Å². The molecule has 0 saturated heterocycles. The van der Waals surface area contributed by atoms with E-state index < -0.39 is 51.9 Å². The molecule has 3 aromatic rings. The summed E-state index contributed by atoms with van der Waals surface area (Å²) >= 11 is 0. The highest BCUT2D eigenvalue weighted by molar-refractivity contribution is 5.68. The lowest BCUT2D eigenvalue weighted by molar-refractivity contribution is 0.451. The molecule has 0 fully saturated rings. The summed E-state index contributed by atoms with van der Waals surface area (Å²) in [7, 11) is 0. The minimum Gasteiger partial charge on any atom is -0.207 e. The molecule has 1 aliphatic rings. The van der Waals surface area contributed by atoms with Gasteiger partial charge in [0.1, 0.15) is 11.6 Å². The normalized spacial score (nSPS) is 15.9. The number of benzene rings is 3. The molecule has 0 amide bonds. The highest BCUT2D eigenvalue weighted by atomic mass is 19.2. The zero-order valence-corrected chi connectivity index (χ0v) is 16.1. The first-order valence-corrected chi connectivity index (χ1v) is 9.74. The van der Waals surface area contributed by atoms with Crippen molar-refractivity contribution in [1.29, 1.82) is 0 Å². The second-order valence-corrected chi connectivity index (χ2v) is 7.52. The summed E-state index contributed by atoms with van der Waals surface area (Å²) in [5.74, 6) is -7.57. The fourth-order valence-corrected chi connectivity index (χ4v) is 4.22. The van der Waals surface area contributed by atoms with Crippen molar-refractivity contribution in [1.82, 2.24) is 0 Å². The van der Waals surface area contributed by atoms with Gasteiger partial charge in [-0.05, 0) is 66.0 Å². The molecule has 1 unspecified atom stereocenters. The molecule has 0 aromatic heterocycles. The molecule has 0 heterocycles. The Morgan fingerprint density at radius 3 is 2.27 bits per heavy atom. The molecule has 3 aromatic carbocycles. The molecule has 0 aliphatic heterocycles. The van der Waals surface area contributed by atoms with Gasteiger partial charge in [-0.15, -0.1) is 0 Å². The quantitative estimate of drug-likeness (QED) is 0.315. The van der Waals surface area contributed by atoms with Gasteiger partial charge in [-0.2, -0.15) is 0 Å². The summed E-state index contributed by atoms with van der Waals surface area (Å²) in [6.07, 6.45) is 0.933. The van der Waals surface area contributed by atoms with Crippen LogP contribution >= 0.6 is 0 Å². The average molecular weight is 420 g/mol. The first kappa shape index (κ1) is 20.5. The Bertz CT molecular complexity index is 1140. The molecular formula is C24H18F6. The van der Waals surface area contributed by atoms with Crippen molar-refractivity contribution in [2.75, 3.05) is 0 Å². The van der Waals surface area contributed by atoms with Crippen LogP contribution in [0.2, 0.25) is 0 Å². The van der Waals surface area contributed by atoms with E-state index in [1.807, 2.05) is 6.92 Å². The summed E-state index contributed by atoms with van der Waals surface area (Å²) in [5, 5.41) is 0. The van der Waals surface area contributed by atoms with Gasteiger partial charge in [0.25, 0.3) is 0 Å². The van der Waals surface area contributed by atoms with E-state index in [0.29, 0.717) is 18.4 Å². The molecule has 0 saturated carbocycles. The monoisotopic (exact) mass is 420 g/mol. The number of rotatable bonds is 3. The summed E-state index contributed by atoms with van der Waals surface area (Å²) in [4.78, 5) is 0. The van der Waals surface area contributed by atoms with E-state index in [4.69, 9.17) is 0 Å². The topological polar surface area (TPSA) is 0 Å². The van der Waals surface area contributed by atoms with Crippen LogP contribution in [0, 0.1) is 34.9 Å². The van der Waals surface area contributed by atoms with Crippen molar-refractivity contribution in [3.8, 4) is 11.1 Å². The Balaban J connectivity index is 1.79. The predicted molar refractivity (Wildman–Crippen MR) is 102 cm³/mol. The third-order valence-corrected chi connectivity index (χ3v) is 5.85. The molecule has 30 heavy (non-hydrogen) atoms. The smallest absolute Gasteiger partial charge is 0.169 e. The van der Waals surface area contributed by atoms with E-state index in [0.717, 1.165) is 23.8 Å². The van der Waals surface area contributed by atoms with Crippen LogP contribution in [0.25, 0.3) is 11.1 Å². The van der Waals surface area contributed by atoms with Crippen LogP contribution in [0.15, 0.2) is 36.4 Å². The molecule has 1 atom stereocenters. The first-order valence-electron chi connectivity index (χ1n) is 9.74. The van der Waals surface area contributed by atoms with Gasteiger partial charge in [-0.3, -0.25) is 0 Å². The second kappa shape index (κ2) is 7.82. The molecule has 0 nitrogen and oxygen atoms in total. The second-order valence-electron chi connectivity index (χ2n) is 7.52. The Morgan fingerprint density at radius 2 is 1.57 bits per heavy atom. The average Bonchev–Trinajstić information content (AvgIpc) is 2.74. The molecule has 0 radical (unpaired) electrons. The largest absolute Gasteiger partial charge is 0.207 e. The minimum absolute atomic E-state index is 0.0297. The Labute approximate surface area is 170 Å². The van der Waals surface area contributed by atoms with Crippen LogP contribution in [-0.2, 0) is 19.3 Å². The van der Waals surface area contributed by atoms with Gasteiger partial charge in [0, 0.05) is 5.56 Å². The minimum atomic E-state index is -1.57. The lowest BCUT2D eigenvalue weighted by Gasteiger charge is -2.27. The van der Waals surface area contributed by atoms with E-state index in [1.54, 1.807) is 12.1 Å². The molecule has 0 N–H and O–H groups in total. The third kappa shape index (κ3) is 3.28. The van der Waals surface area contributed by atoms with Crippen molar-refractivity contribution in [2.45, 2.75) is 38.5 Å².